The Morgan fingerprint density at radius 2 is 1.67 bits per heavy atom. The average Bonchev–Trinajstić information content (AvgIpc) is 2.19. The van der Waals surface area contributed by atoms with Crippen LogP contribution in [0.4, 0.5) is 0 Å². The van der Waals surface area contributed by atoms with Crippen LogP contribution in [0, 0.1) is 5.21 Å². The molecule has 2 rings (SSSR count). The van der Waals surface area contributed by atoms with Crippen LogP contribution >= 0.6 is 46.4 Å². The largest absolute Gasteiger partial charge is 0.617 e. The lowest BCUT2D eigenvalue weighted by molar-refractivity contribution is -0.574. The van der Waals surface area contributed by atoms with E-state index in [1.165, 1.54) is 12.1 Å². The minimum absolute atomic E-state index is 0.0717. The standard InChI is InChI=1S/C8H2Cl4N2O/c9-3-1-5-6(2-4(3)10)14(15)8(12)7(11)13-5/h1-2H. The molecule has 7 heteroatoms. The van der Waals surface area contributed by atoms with Gasteiger partial charge in [-0.25, -0.2) is 4.98 Å². The van der Waals surface area contributed by atoms with Crippen molar-refractivity contribution in [2.75, 3.05) is 0 Å². The summed E-state index contributed by atoms with van der Waals surface area (Å²) >= 11 is 22.8. The van der Waals surface area contributed by atoms with Gasteiger partial charge in [0.15, 0.2) is 0 Å². The van der Waals surface area contributed by atoms with Gasteiger partial charge in [0.2, 0.25) is 10.7 Å². The van der Waals surface area contributed by atoms with Crippen LogP contribution in [0.25, 0.3) is 11.0 Å². The van der Waals surface area contributed by atoms with Crippen LogP contribution in [0.5, 0.6) is 0 Å². The Morgan fingerprint density at radius 3 is 2.33 bits per heavy atom. The highest BCUT2D eigenvalue weighted by atomic mass is 35.5. The Hall–Kier alpha value is -0.480. The van der Waals surface area contributed by atoms with Crippen molar-refractivity contribution in [2.45, 2.75) is 0 Å². The predicted molar refractivity (Wildman–Crippen MR) is 60.7 cm³/mol. The summed E-state index contributed by atoms with van der Waals surface area (Å²) < 4.78 is 0.453. The molecule has 0 fully saturated rings. The molecule has 0 unspecified atom stereocenters. The smallest absolute Gasteiger partial charge is 0.324 e. The lowest BCUT2D eigenvalue weighted by Crippen LogP contribution is -2.29. The SMILES string of the molecule is [O-][n+]1c(Cl)c(Cl)nc2cc(Cl)c(Cl)cc21. The van der Waals surface area contributed by atoms with E-state index in [-0.39, 0.29) is 20.8 Å². The van der Waals surface area contributed by atoms with Crippen molar-refractivity contribution in [3.8, 4) is 0 Å². The van der Waals surface area contributed by atoms with E-state index in [0.29, 0.717) is 15.3 Å². The highest BCUT2D eigenvalue weighted by molar-refractivity contribution is 6.43. The number of nitrogens with zero attached hydrogens (tertiary/aromatic N) is 2. The van der Waals surface area contributed by atoms with Crippen molar-refractivity contribution < 1.29 is 4.73 Å². The molecule has 1 heterocycles. The summed E-state index contributed by atoms with van der Waals surface area (Å²) in [5.74, 6) is 0. The third kappa shape index (κ3) is 1.81. The molecule has 0 N–H and O–H groups in total. The van der Waals surface area contributed by atoms with Crippen LogP contribution in [0.3, 0.4) is 0 Å². The maximum atomic E-state index is 11.6. The summed E-state index contributed by atoms with van der Waals surface area (Å²) in [7, 11) is 0. The molecule has 1 aromatic carbocycles. The van der Waals surface area contributed by atoms with E-state index in [1.807, 2.05) is 0 Å². The van der Waals surface area contributed by atoms with Crippen molar-refractivity contribution in [1.29, 1.82) is 0 Å². The summed E-state index contributed by atoms with van der Waals surface area (Å²) in [4.78, 5) is 3.91. The van der Waals surface area contributed by atoms with Gasteiger partial charge in [-0.2, -0.15) is 4.73 Å². The van der Waals surface area contributed by atoms with Gasteiger partial charge in [0.25, 0.3) is 0 Å². The molecule has 2 aromatic rings. The second-order valence-electron chi connectivity index (χ2n) is 2.74. The molecule has 0 aliphatic heterocycles. The number of fused-ring (bicyclic) bond motifs is 1. The molecule has 15 heavy (non-hydrogen) atoms. The zero-order valence-corrected chi connectivity index (χ0v) is 9.99. The van der Waals surface area contributed by atoms with Crippen molar-refractivity contribution in [2.24, 2.45) is 0 Å². The first-order chi connectivity index (χ1) is 7.00. The van der Waals surface area contributed by atoms with Crippen molar-refractivity contribution in [1.82, 2.24) is 4.98 Å². The minimum Gasteiger partial charge on any atom is -0.617 e. The molecule has 0 aliphatic carbocycles. The third-order valence-electron chi connectivity index (χ3n) is 1.80. The van der Waals surface area contributed by atoms with Crippen LogP contribution < -0.4 is 4.73 Å². The van der Waals surface area contributed by atoms with Crippen LogP contribution in [0.1, 0.15) is 0 Å². The van der Waals surface area contributed by atoms with E-state index in [9.17, 15) is 5.21 Å². The second-order valence-corrected chi connectivity index (χ2v) is 4.27. The summed E-state index contributed by atoms with van der Waals surface area (Å²) in [5.41, 5.74) is 0.563. The van der Waals surface area contributed by atoms with Gasteiger partial charge in [0, 0.05) is 6.07 Å². The van der Waals surface area contributed by atoms with Crippen LogP contribution in [0.15, 0.2) is 12.1 Å². The summed E-state index contributed by atoms with van der Waals surface area (Å²) in [6, 6.07) is 2.84. The molecule has 0 atom stereocenters. The lowest BCUT2D eigenvalue weighted by atomic mass is 10.3. The number of benzene rings is 1. The summed E-state index contributed by atoms with van der Waals surface area (Å²) in [6.45, 7) is 0. The molecule has 0 bridgehead atoms. The number of rotatable bonds is 0. The molecule has 0 aliphatic rings. The highest BCUT2D eigenvalue weighted by Gasteiger charge is 2.17. The minimum atomic E-state index is -0.192. The zero-order valence-electron chi connectivity index (χ0n) is 6.97. The van der Waals surface area contributed by atoms with E-state index in [0.717, 1.165) is 0 Å². The molecule has 0 saturated carbocycles. The molecule has 1 aromatic heterocycles. The monoisotopic (exact) mass is 282 g/mol. The van der Waals surface area contributed by atoms with Gasteiger partial charge < -0.3 is 5.21 Å². The average molecular weight is 284 g/mol. The lowest BCUT2D eigenvalue weighted by Gasteiger charge is -2.05. The number of halogens is 4. The quantitative estimate of drug-likeness (QED) is 0.548. The van der Waals surface area contributed by atoms with E-state index < -0.39 is 0 Å². The Labute approximate surface area is 105 Å². The van der Waals surface area contributed by atoms with Gasteiger partial charge in [0.1, 0.15) is 5.52 Å². The molecular weight excluding hydrogens is 282 g/mol. The van der Waals surface area contributed by atoms with Crippen LogP contribution in [-0.2, 0) is 0 Å². The van der Waals surface area contributed by atoms with Crippen molar-refractivity contribution in [3.63, 3.8) is 0 Å². The molecule has 3 nitrogen and oxygen atoms in total. The maximum Gasteiger partial charge on any atom is 0.324 e. The highest BCUT2D eigenvalue weighted by Crippen LogP contribution is 2.27. The molecule has 0 saturated heterocycles. The van der Waals surface area contributed by atoms with Crippen molar-refractivity contribution >= 4 is 57.4 Å². The van der Waals surface area contributed by atoms with Crippen LogP contribution in [-0.4, -0.2) is 4.98 Å². The van der Waals surface area contributed by atoms with Gasteiger partial charge in [-0.3, -0.25) is 0 Å². The van der Waals surface area contributed by atoms with Gasteiger partial charge in [-0.15, -0.1) is 0 Å². The number of hydrogen-bond acceptors (Lipinski definition) is 2. The fraction of sp³-hybridized carbons (Fsp3) is 0. The predicted octanol–water partition coefficient (Wildman–Crippen LogP) is 3.48. The fourth-order valence-electron chi connectivity index (χ4n) is 1.12. The number of hydrogen-bond donors (Lipinski definition) is 0. The third-order valence-corrected chi connectivity index (χ3v) is 3.22. The topological polar surface area (TPSA) is 39.8 Å². The Bertz CT molecular complexity index is 553. The first-order valence-corrected chi connectivity index (χ1v) is 5.25. The van der Waals surface area contributed by atoms with Gasteiger partial charge in [0.05, 0.1) is 10.0 Å². The summed E-state index contributed by atoms with van der Waals surface area (Å²) in [5, 5.41) is 11.9. The van der Waals surface area contributed by atoms with E-state index >= 15 is 0 Å². The van der Waals surface area contributed by atoms with E-state index in [1.54, 1.807) is 0 Å². The van der Waals surface area contributed by atoms with Crippen molar-refractivity contribution in [3.05, 3.63) is 37.7 Å². The first-order valence-electron chi connectivity index (χ1n) is 3.74. The fourth-order valence-corrected chi connectivity index (χ4v) is 1.74. The van der Waals surface area contributed by atoms with Gasteiger partial charge in [-0.05, 0) is 17.7 Å². The molecule has 0 amide bonds. The van der Waals surface area contributed by atoms with Gasteiger partial charge >= 0.3 is 5.15 Å². The molecule has 78 valence electrons. The van der Waals surface area contributed by atoms with E-state index in [4.69, 9.17) is 46.4 Å². The second kappa shape index (κ2) is 3.83. The normalized spacial score (nSPS) is 10.9. The summed E-state index contributed by atoms with van der Waals surface area (Å²) in [6.07, 6.45) is 0. The van der Waals surface area contributed by atoms with Gasteiger partial charge in [-0.1, -0.05) is 34.8 Å². The molecular formula is C8H2Cl4N2O. The van der Waals surface area contributed by atoms with E-state index in [2.05, 4.69) is 4.98 Å². The zero-order chi connectivity index (χ0) is 11.2. The Kier molecular flexibility index (Phi) is 2.81. The Balaban J connectivity index is 2.93. The first kappa shape index (κ1) is 11.0. The molecule has 0 spiro atoms. The number of aromatic nitrogens is 2. The van der Waals surface area contributed by atoms with Crippen LogP contribution in [0.2, 0.25) is 20.4 Å². The maximum absolute atomic E-state index is 11.6. The molecule has 0 radical (unpaired) electrons. The Morgan fingerprint density at radius 1 is 1.07 bits per heavy atom.